The summed E-state index contributed by atoms with van der Waals surface area (Å²) >= 11 is 7.12. The van der Waals surface area contributed by atoms with E-state index >= 15 is 0 Å². The summed E-state index contributed by atoms with van der Waals surface area (Å²) in [6, 6.07) is 24.1. The molecule has 234 valence electrons. The number of imidazole rings is 1. The van der Waals surface area contributed by atoms with Crippen molar-refractivity contribution < 1.29 is 9.59 Å². The number of likely N-dealkylation sites (tertiary alicyclic amines) is 2. The summed E-state index contributed by atoms with van der Waals surface area (Å²) in [7, 11) is 0. The normalized spacial score (nSPS) is 22.7. The maximum Gasteiger partial charge on any atom is 0.254 e. The molecule has 2 aliphatic carbocycles. The number of rotatable bonds is 7. The molecule has 2 aliphatic heterocycles. The highest BCUT2D eigenvalue weighted by Crippen LogP contribution is 2.40. The second kappa shape index (κ2) is 10.7. The first-order valence-corrected chi connectivity index (χ1v) is 17.0. The number of benzene rings is 3. The van der Waals surface area contributed by atoms with Crippen molar-refractivity contribution in [2.75, 3.05) is 19.6 Å². The topological polar surface area (TPSA) is 89.4 Å². The van der Waals surface area contributed by atoms with Gasteiger partial charge in [-0.2, -0.15) is 0 Å². The molecule has 3 aromatic carbocycles. The molecule has 2 saturated heterocycles. The summed E-state index contributed by atoms with van der Waals surface area (Å²) in [5.41, 5.74) is 11.6. The van der Waals surface area contributed by atoms with Crippen molar-refractivity contribution in [2.24, 2.45) is 23.5 Å². The number of carbonyl (C=O) groups is 2. The maximum atomic E-state index is 13.8. The summed E-state index contributed by atoms with van der Waals surface area (Å²) < 4.78 is 4.66. The molecule has 3 atom stereocenters. The van der Waals surface area contributed by atoms with Gasteiger partial charge in [0.1, 0.15) is 0 Å². The number of piperidine rings is 1. The van der Waals surface area contributed by atoms with Crippen LogP contribution in [0.3, 0.4) is 0 Å². The van der Waals surface area contributed by atoms with Crippen LogP contribution < -0.4 is 5.73 Å². The van der Waals surface area contributed by atoms with Crippen LogP contribution in [-0.4, -0.2) is 67.5 Å². The molecule has 4 heterocycles. The summed E-state index contributed by atoms with van der Waals surface area (Å²) in [6.45, 7) is 3.67. The Kier molecular flexibility index (Phi) is 6.54. The predicted molar refractivity (Wildman–Crippen MR) is 180 cm³/mol. The third-order valence-corrected chi connectivity index (χ3v) is 11.1. The first kappa shape index (κ1) is 28.1. The van der Waals surface area contributed by atoms with Crippen LogP contribution in [0.1, 0.15) is 46.4 Å². The maximum absolute atomic E-state index is 13.8. The lowest BCUT2D eigenvalue weighted by Crippen LogP contribution is -2.51. The van der Waals surface area contributed by atoms with Gasteiger partial charge in [0.2, 0.25) is 0 Å². The SMILES string of the molecule is N[C@@H]1[C@@H]2CC[C@H]1N(C(=O)c1cc(Cl)c3c(c1)nc(-c1cc4ccccc4n1CC1CC1)n3CC1CN(C(=O)c3ccccc3)C1)C2. The van der Waals surface area contributed by atoms with Gasteiger partial charge in [0.05, 0.1) is 21.7 Å². The Morgan fingerprint density at radius 3 is 2.30 bits per heavy atom. The average Bonchev–Trinajstić information content (AvgIpc) is 3.40. The molecular weight excluding hydrogens is 596 g/mol. The third-order valence-electron chi connectivity index (χ3n) is 10.8. The minimum atomic E-state index is -0.0144. The van der Waals surface area contributed by atoms with Crippen LogP contribution in [0.5, 0.6) is 0 Å². The first-order valence-electron chi connectivity index (χ1n) is 16.6. The van der Waals surface area contributed by atoms with Gasteiger partial charge in [-0.3, -0.25) is 9.59 Å². The van der Waals surface area contributed by atoms with Crippen molar-refractivity contribution in [3.63, 3.8) is 0 Å². The van der Waals surface area contributed by atoms with Crippen LogP contribution in [0.15, 0.2) is 72.8 Å². The van der Waals surface area contributed by atoms with Crippen molar-refractivity contribution >= 4 is 45.4 Å². The number of aromatic nitrogens is 3. The Morgan fingerprint density at radius 1 is 0.804 bits per heavy atom. The monoisotopic (exact) mass is 632 g/mol. The van der Waals surface area contributed by atoms with Gasteiger partial charge in [0.15, 0.2) is 5.82 Å². The summed E-state index contributed by atoms with van der Waals surface area (Å²) in [4.78, 5) is 36.0. The average molecular weight is 633 g/mol. The van der Waals surface area contributed by atoms with Crippen LogP contribution in [-0.2, 0) is 13.1 Å². The van der Waals surface area contributed by atoms with E-state index in [1.165, 1.54) is 23.7 Å². The lowest BCUT2D eigenvalue weighted by molar-refractivity contribution is 0.0471. The van der Waals surface area contributed by atoms with Crippen LogP contribution in [0, 0.1) is 17.8 Å². The highest BCUT2D eigenvalue weighted by atomic mass is 35.5. The standard InChI is InChI=1S/C37H37ClN6O2/c38-28-14-27(37(46)43-21-26-12-13-31(43)33(26)39)15-29-34(28)44(20-23-17-41(18-23)36(45)24-6-2-1-3-7-24)35(40-29)32-16-25-8-4-5-9-30(25)42(32)19-22-10-11-22/h1-9,14-16,22-23,26,31,33H,10-13,17-21,39H2/t26-,31-,33-/m1/s1. The van der Waals surface area contributed by atoms with Gasteiger partial charge in [-0.25, -0.2) is 4.98 Å². The van der Waals surface area contributed by atoms with Gasteiger partial charge in [0, 0.05) is 72.8 Å². The van der Waals surface area contributed by atoms with Crippen molar-refractivity contribution in [1.29, 1.82) is 0 Å². The van der Waals surface area contributed by atoms with E-state index in [1.807, 2.05) is 52.3 Å². The highest BCUT2D eigenvalue weighted by molar-refractivity contribution is 6.35. The molecular formula is C37H37ClN6O2. The highest BCUT2D eigenvalue weighted by Gasteiger charge is 2.47. The third kappa shape index (κ3) is 4.56. The Hall–Kier alpha value is -4.14. The van der Waals surface area contributed by atoms with E-state index in [0.29, 0.717) is 54.2 Å². The molecule has 2 saturated carbocycles. The van der Waals surface area contributed by atoms with Gasteiger partial charge < -0.3 is 24.7 Å². The fourth-order valence-corrected chi connectivity index (χ4v) is 8.50. The van der Waals surface area contributed by atoms with E-state index in [4.69, 9.17) is 22.3 Å². The number of hydrogen-bond acceptors (Lipinski definition) is 4. The van der Waals surface area contributed by atoms with Crippen LogP contribution in [0.4, 0.5) is 0 Å². The fourth-order valence-electron chi connectivity index (χ4n) is 8.19. The minimum Gasteiger partial charge on any atom is -0.338 e. The van der Waals surface area contributed by atoms with E-state index < -0.39 is 0 Å². The number of carbonyl (C=O) groups excluding carboxylic acids is 2. The molecule has 2 amide bonds. The Morgan fingerprint density at radius 2 is 1.57 bits per heavy atom. The van der Waals surface area contributed by atoms with E-state index in [0.717, 1.165) is 41.9 Å². The number of halogens is 1. The number of nitrogens with two attached hydrogens (primary N) is 1. The van der Waals surface area contributed by atoms with E-state index in [-0.39, 0.29) is 29.8 Å². The van der Waals surface area contributed by atoms with E-state index in [2.05, 4.69) is 39.5 Å². The molecule has 0 spiro atoms. The zero-order chi connectivity index (χ0) is 31.1. The minimum absolute atomic E-state index is 0.0144. The number of nitrogens with zero attached hydrogens (tertiary/aromatic N) is 5. The number of amides is 2. The number of fused-ring (bicyclic) bond motifs is 4. The summed E-state index contributed by atoms with van der Waals surface area (Å²) in [5.74, 6) is 2.21. The molecule has 0 radical (unpaired) electrons. The molecule has 8 nitrogen and oxygen atoms in total. The van der Waals surface area contributed by atoms with Crippen LogP contribution >= 0.6 is 11.6 Å². The van der Waals surface area contributed by atoms with Gasteiger partial charge in [-0.15, -0.1) is 0 Å². The second-order valence-electron chi connectivity index (χ2n) is 13.9. The molecule has 2 N–H and O–H groups in total. The van der Waals surface area contributed by atoms with Gasteiger partial charge in [0.25, 0.3) is 11.8 Å². The molecule has 9 rings (SSSR count). The van der Waals surface area contributed by atoms with Gasteiger partial charge in [-0.05, 0) is 73.9 Å². The van der Waals surface area contributed by atoms with E-state index in [9.17, 15) is 9.59 Å². The van der Waals surface area contributed by atoms with Crippen molar-refractivity contribution in [1.82, 2.24) is 23.9 Å². The lowest BCUT2D eigenvalue weighted by atomic mass is 9.98. The summed E-state index contributed by atoms with van der Waals surface area (Å²) in [6.07, 6.45) is 4.54. The molecule has 4 fully saturated rings. The van der Waals surface area contributed by atoms with Crippen molar-refractivity contribution in [3.8, 4) is 11.5 Å². The number of para-hydroxylation sites is 1. The predicted octanol–water partition coefficient (Wildman–Crippen LogP) is 6.06. The van der Waals surface area contributed by atoms with Gasteiger partial charge >= 0.3 is 0 Å². The molecule has 9 heteroatoms. The Bertz CT molecular complexity index is 2010. The molecule has 46 heavy (non-hydrogen) atoms. The number of hydrogen-bond donors (Lipinski definition) is 1. The zero-order valence-corrected chi connectivity index (χ0v) is 26.4. The quantitative estimate of drug-likeness (QED) is 0.236. The van der Waals surface area contributed by atoms with Crippen molar-refractivity contribution in [3.05, 3.63) is 88.9 Å². The molecule has 4 aliphatic rings. The van der Waals surface area contributed by atoms with Gasteiger partial charge in [-0.1, -0.05) is 48.0 Å². The molecule has 2 bridgehead atoms. The molecule has 2 aromatic heterocycles. The largest absolute Gasteiger partial charge is 0.338 e. The van der Waals surface area contributed by atoms with Crippen molar-refractivity contribution in [2.45, 2.75) is 50.9 Å². The lowest BCUT2D eigenvalue weighted by Gasteiger charge is -2.39. The smallest absolute Gasteiger partial charge is 0.254 e. The fraction of sp³-hybridized carbons (Fsp3) is 0.378. The van der Waals surface area contributed by atoms with E-state index in [1.54, 1.807) is 0 Å². The van der Waals surface area contributed by atoms with Crippen LogP contribution in [0.25, 0.3) is 33.5 Å². The first-order chi connectivity index (χ1) is 22.4. The Balaban J connectivity index is 1.11. The summed E-state index contributed by atoms with van der Waals surface area (Å²) in [5, 5.41) is 1.71. The zero-order valence-electron chi connectivity index (χ0n) is 25.7. The van der Waals surface area contributed by atoms with Crippen LogP contribution in [0.2, 0.25) is 5.02 Å². The molecule has 5 aromatic rings. The Labute approximate surface area is 272 Å². The second-order valence-corrected chi connectivity index (χ2v) is 14.3. The molecule has 0 unspecified atom stereocenters.